The molecule has 1 saturated carbocycles. The predicted molar refractivity (Wildman–Crippen MR) is 138 cm³/mol. The minimum atomic E-state index is -0.711. The van der Waals surface area contributed by atoms with E-state index in [4.69, 9.17) is 16.3 Å². The number of nitrogens with zero attached hydrogens (tertiary/aromatic N) is 1. The van der Waals surface area contributed by atoms with E-state index in [-0.39, 0.29) is 23.8 Å². The van der Waals surface area contributed by atoms with Crippen LogP contribution in [0.15, 0.2) is 66.7 Å². The van der Waals surface area contributed by atoms with E-state index in [2.05, 4.69) is 36.5 Å². The molecule has 6 heteroatoms. The van der Waals surface area contributed by atoms with Gasteiger partial charge in [0.25, 0.3) is 5.91 Å². The van der Waals surface area contributed by atoms with Crippen molar-refractivity contribution in [3.63, 3.8) is 0 Å². The number of hydrogen-bond acceptors (Lipinski definition) is 3. The maximum Gasteiger partial charge on any atom is 0.265 e. The lowest BCUT2D eigenvalue weighted by Gasteiger charge is -2.38. The Hall–Kier alpha value is -3.31. The van der Waals surface area contributed by atoms with Gasteiger partial charge in [-0.3, -0.25) is 9.59 Å². The molecule has 3 aromatic rings. The van der Waals surface area contributed by atoms with Gasteiger partial charge in [0.2, 0.25) is 5.91 Å². The average molecular weight is 489 g/mol. The highest BCUT2D eigenvalue weighted by molar-refractivity contribution is 6.30. The Bertz CT molecular complexity index is 1270. The second-order valence-electron chi connectivity index (χ2n) is 9.49. The highest BCUT2D eigenvalue weighted by Crippen LogP contribution is 2.41. The topological polar surface area (TPSA) is 58.6 Å². The predicted octanol–water partition coefficient (Wildman–Crippen LogP) is 5.94. The number of anilines is 1. The first kappa shape index (κ1) is 23.4. The maximum atomic E-state index is 13.2. The first-order valence-electron chi connectivity index (χ1n) is 12.1. The van der Waals surface area contributed by atoms with Gasteiger partial charge in [-0.05, 0) is 80.1 Å². The molecule has 1 aliphatic heterocycles. The molecule has 2 atom stereocenters. The number of aryl methyl sites for hydroxylation is 1. The zero-order valence-corrected chi connectivity index (χ0v) is 20.7. The molecule has 0 bridgehead atoms. The van der Waals surface area contributed by atoms with Crippen LogP contribution >= 0.6 is 11.6 Å². The summed E-state index contributed by atoms with van der Waals surface area (Å²) in [6.07, 6.45) is 2.05. The number of benzene rings is 3. The van der Waals surface area contributed by atoms with Crippen LogP contribution in [0.2, 0.25) is 5.02 Å². The van der Waals surface area contributed by atoms with Crippen LogP contribution in [0.1, 0.15) is 48.1 Å². The maximum absolute atomic E-state index is 13.2. The van der Waals surface area contributed by atoms with Crippen LogP contribution in [0.3, 0.4) is 0 Å². The summed E-state index contributed by atoms with van der Waals surface area (Å²) in [5.41, 5.74) is 5.16. The zero-order chi connectivity index (χ0) is 24.5. The van der Waals surface area contributed by atoms with Gasteiger partial charge in [0, 0.05) is 23.2 Å². The van der Waals surface area contributed by atoms with Crippen molar-refractivity contribution in [3.8, 4) is 5.75 Å². The molecule has 0 saturated heterocycles. The highest BCUT2D eigenvalue weighted by atomic mass is 35.5. The van der Waals surface area contributed by atoms with Crippen LogP contribution < -0.4 is 10.1 Å². The number of amides is 2. The Morgan fingerprint density at radius 1 is 1.06 bits per heavy atom. The fourth-order valence-corrected chi connectivity index (χ4v) is 4.93. The third kappa shape index (κ3) is 5.20. The Labute approximate surface area is 211 Å². The van der Waals surface area contributed by atoms with Crippen molar-refractivity contribution in [2.75, 3.05) is 11.9 Å². The van der Waals surface area contributed by atoms with E-state index in [1.165, 1.54) is 5.56 Å². The molecule has 1 aliphatic carbocycles. The van der Waals surface area contributed by atoms with E-state index in [1.54, 1.807) is 31.2 Å². The van der Waals surface area contributed by atoms with Gasteiger partial charge in [-0.25, -0.2) is 0 Å². The molecule has 0 aromatic heterocycles. The summed E-state index contributed by atoms with van der Waals surface area (Å²) in [7, 11) is 0. The molecule has 3 aromatic carbocycles. The lowest BCUT2D eigenvalue weighted by atomic mass is 9.87. The lowest BCUT2D eigenvalue weighted by molar-refractivity contribution is -0.134. The van der Waals surface area contributed by atoms with E-state index in [0.29, 0.717) is 23.0 Å². The Morgan fingerprint density at radius 3 is 2.60 bits per heavy atom. The molecule has 180 valence electrons. The number of carbonyl (C=O) groups excluding carboxylic acids is 2. The average Bonchev–Trinajstić information content (AvgIpc) is 3.68. The quantitative estimate of drug-likeness (QED) is 0.467. The van der Waals surface area contributed by atoms with Crippen LogP contribution in [-0.2, 0) is 16.0 Å². The van der Waals surface area contributed by atoms with E-state index in [1.807, 2.05) is 23.1 Å². The molecular weight excluding hydrogens is 460 g/mol. The molecule has 35 heavy (non-hydrogen) atoms. The standard InChI is InChI=1S/C29H29ClN2O3/c1-18-5-3-6-22(15-18)27-26-17-25(12-11-20(26)13-14-32(27)29(34)21-9-10-21)35-19(2)28(33)31-24-8-4-7-23(30)16-24/h3-8,11-12,15-17,19,21,27H,9-10,13-14H2,1-2H3,(H,31,33). The van der Waals surface area contributed by atoms with Crippen molar-refractivity contribution in [1.82, 2.24) is 4.90 Å². The van der Waals surface area contributed by atoms with Gasteiger partial charge in [0.1, 0.15) is 5.75 Å². The number of ether oxygens (including phenoxy) is 1. The van der Waals surface area contributed by atoms with Gasteiger partial charge in [-0.1, -0.05) is 53.6 Å². The number of nitrogens with one attached hydrogen (secondary N) is 1. The molecule has 0 spiro atoms. The molecule has 2 aliphatic rings. The number of rotatable bonds is 6. The molecule has 5 rings (SSSR count). The third-order valence-electron chi connectivity index (χ3n) is 6.69. The van der Waals surface area contributed by atoms with Crippen molar-refractivity contribution < 1.29 is 14.3 Å². The van der Waals surface area contributed by atoms with Crippen LogP contribution in [-0.4, -0.2) is 29.4 Å². The Morgan fingerprint density at radius 2 is 1.86 bits per heavy atom. The summed E-state index contributed by atoms with van der Waals surface area (Å²) in [5.74, 6) is 0.739. The number of carbonyl (C=O) groups is 2. The molecule has 1 heterocycles. The summed E-state index contributed by atoms with van der Waals surface area (Å²) in [6.45, 7) is 4.50. The fraction of sp³-hybridized carbons (Fsp3) is 0.310. The zero-order valence-electron chi connectivity index (χ0n) is 20.0. The van der Waals surface area contributed by atoms with Gasteiger partial charge in [-0.2, -0.15) is 0 Å². The largest absolute Gasteiger partial charge is 0.481 e. The minimum Gasteiger partial charge on any atom is -0.481 e. The van der Waals surface area contributed by atoms with Crippen LogP contribution in [0.5, 0.6) is 5.75 Å². The van der Waals surface area contributed by atoms with Gasteiger partial charge in [-0.15, -0.1) is 0 Å². The Balaban J connectivity index is 1.41. The SMILES string of the molecule is Cc1cccc(C2c3cc(OC(C)C(=O)Nc4cccc(Cl)c4)ccc3CCN2C(=O)C2CC2)c1. The minimum absolute atomic E-state index is 0.151. The number of hydrogen-bond donors (Lipinski definition) is 1. The summed E-state index contributed by atoms with van der Waals surface area (Å²) >= 11 is 6.03. The Kier molecular flexibility index (Phi) is 6.52. The van der Waals surface area contributed by atoms with Crippen LogP contribution in [0.4, 0.5) is 5.69 Å². The van der Waals surface area contributed by atoms with Crippen LogP contribution in [0, 0.1) is 12.8 Å². The third-order valence-corrected chi connectivity index (χ3v) is 6.92. The van der Waals surface area contributed by atoms with Gasteiger partial charge in [0.05, 0.1) is 6.04 Å². The second kappa shape index (κ2) is 9.74. The molecule has 5 nitrogen and oxygen atoms in total. The second-order valence-corrected chi connectivity index (χ2v) is 9.93. The van der Waals surface area contributed by atoms with Crippen molar-refractivity contribution in [1.29, 1.82) is 0 Å². The molecular formula is C29H29ClN2O3. The fourth-order valence-electron chi connectivity index (χ4n) is 4.74. The molecule has 1 fully saturated rings. The highest BCUT2D eigenvalue weighted by Gasteiger charge is 2.39. The van der Waals surface area contributed by atoms with Crippen molar-refractivity contribution in [2.45, 2.75) is 45.3 Å². The smallest absolute Gasteiger partial charge is 0.265 e. The van der Waals surface area contributed by atoms with E-state index in [0.717, 1.165) is 36.0 Å². The van der Waals surface area contributed by atoms with Crippen molar-refractivity contribution >= 4 is 29.1 Å². The van der Waals surface area contributed by atoms with E-state index in [9.17, 15) is 9.59 Å². The van der Waals surface area contributed by atoms with Crippen LogP contribution in [0.25, 0.3) is 0 Å². The van der Waals surface area contributed by atoms with Crippen molar-refractivity contribution in [2.24, 2.45) is 5.92 Å². The van der Waals surface area contributed by atoms with E-state index < -0.39 is 6.10 Å². The van der Waals surface area contributed by atoms with Crippen molar-refractivity contribution in [3.05, 3.63) is 94.0 Å². The summed E-state index contributed by atoms with van der Waals surface area (Å²) in [6, 6.07) is 21.2. The molecule has 1 N–H and O–H groups in total. The van der Waals surface area contributed by atoms with Gasteiger partial charge >= 0.3 is 0 Å². The number of fused-ring (bicyclic) bond motifs is 1. The van der Waals surface area contributed by atoms with E-state index >= 15 is 0 Å². The molecule has 2 unspecified atom stereocenters. The monoisotopic (exact) mass is 488 g/mol. The molecule has 0 radical (unpaired) electrons. The summed E-state index contributed by atoms with van der Waals surface area (Å²) in [4.78, 5) is 28.0. The van der Waals surface area contributed by atoms with Gasteiger partial charge in [0.15, 0.2) is 6.10 Å². The first-order valence-corrected chi connectivity index (χ1v) is 12.5. The first-order chi connectivity index (χ1) is 16.9. The summed E-state index contributed by atoms with van der Waals surface area (Å²) in [5, 5.41) is 3.40. The lowest BCUT2D eigenvalue weighted by Crippen LogP contribution is -2.41. The normalized spacial score (nSPS) is 17.9. The summed E-state index contributed by atoms with van der Waals surface area (Å²) < 4.78 is 6.06. The molecule has 2 amide bonds. The van der Waals surface area contributed by atoms with Gasteiger partial charge < -0.3 is 15.0 Å². The number of halogens is 1.